The predicted octanol–water partition coefficient (Wildman–Crippen LogP) is -0.249. The molecule has 0 bridgehead atoms. The van der Waals surface area contributed by atoms with Crippen LogP contribution in [0.4, 0.5) is 0 Å². The van der Waals surface area contributed by atoms with E-state index in [1.165, 1.54) is 0 Å². The van der Waals surface area contributed by atoms with Gasteiger partial charge < -0.3 is 29.4 Å². The molecule has 0 spiro atoms. The molecule has 0 aromatic heterocycles. The molecule has 0 unspecified atom stereocenters. The highest BCUT2D eigenvalue weighted by Crippen LogP contribution is 2.53. The van der Waals surface area contributed by atoms with E-state index in [0.717, 1.165) is 0 Å². The minimum absolute atomic E-state index is 0.0312. The van der Waals surface area contributed by atoms with Gasteiger partial charge in [0.25, 0.3) is 0 Å². The Morgan fingerprint density at radius 3 is 1.62 bits per heavy atom. The highest BCUT2D eigenvalue weighted by molar-refractivity contribution is 7.60. The highest BCUT2D eigenvalue weighted by Gasteiger charge is 2.27. The Balaban J connectivity index is 5.02. The van der Waals surface area contributed by atoms with Crippen LogP contribution in [-0.4, -0.2) is 35.5 Å². The van der Waals surface area contributed by atoms with E-state index < -0.39 is 40.7 Å². The van der Waals surface area contributed by atoms with E-state index in [9.17, 15) is 13.7 Å². The zero-order chi connectivity index (χ0) is 13.2. The molecule has 0 fully saturated rings. The van der Waals surface area contributed by atoms with Crippen LogP contribution in [0.2, 0.25) is 0 Å². The minimum Gasteiger partial charge on any atom is -0.324 e. The molecule has 0 aliphatic carbocycles. The monoisotopic (exact) mass is 296 g/mol. The van der Waals surface area contributed by atoms with Gasteiger partial charge in [0, 0.05) is 5.82 Å². The van der Waals surface area contributed by atoms with Crippen molar-refractivity contribution < 1.29 is 43.1 Å². The summed E-state index contributed by atoms with van der Waals surface area (Å²) >= 11 is 0. The first-order chi connectivity index (χ1) is 6.81. The molecule has 0 radical (unpaired) electrons. The van der Waals surface area contributed by atoms with Crippen LogP contribution in [0.15, 0.2) is 11.1 Å². The number of allylic oxidation sites excluding steroid dienone is 1. The van der Waals surface area contributed by atoms with Crippen molar-refractivity contribution in [2.24, 2.45) is 0 Å². The van der Waals surface area contributed by atoms with Gasteiger partial charge in [-0.1, -0.05) is 0 Å². The first kappa shape index (κ1) is 16.2. The lowest BCUT2D eigenvalue weighted by molar-refractivity contribution is 0.369. The molecule has 0 atom stereocenters. The van der Waals surface area contributed by atoms with Crippen LogP contribution < -0.4 is 0 Å². The third-order valence-corrected chi connectivity index (χ3v) is 4.11. The lowest BCUT2D eigenvalue weighted by Gasteiger charge is -2.10. The minimum atomic E-state index is -4.93. The van der Waals surface area contributed by atoms with Crippen LogP contribution in [0.25, 0.3) is 0 Å². The molecule has 0 rings (SSSR count). The fraction of sp³-hybridized carbons (Fsp3) is 0.500. The van der Waals surface area contributed by atoms with Gasteiger partial charge in [-0.05, 0) is 6.42 Å². The van der Waals surface area contributed by atoms with Gasteiger partial charge in [-0.2, -0.15) is 0 Å². The van der Waals surface area contributed by atoms with E-state index in [2.05, 4.69) is 0 Å². The molecule has 96 valence electrons. The smallest absolute Gasteiger partial charge is 0.324 e. The average Bonchev–Trinajstić information content (AvgIpc) is 1.91. The van der Waals surface area contributed by atoms with Gasteiger partial charge in [0.15, 0.2) is 0 Å². The Morgan fingerprint density at radius 2 is 1.38 bits per heavy atom. The van der Waals surface area contributed by atoms with Gasteiger partial charge >= 0.3 is 22.8 Å². The summed E-state index contributed by atoms with van der Waals surface area (Å²) in [6.45, 7) is 0. The van der Waals surface area contributed by atoms with E-state index in [4.69, 9.17) is 29.4 Å². The summed E-state index contributed by atoms with van der Waals surface area (Å²) in [5, 5.41) is -0.982. The molecule has 0 heterocycles. The van der Waals surface area contributed by atoms with Gasteiger partial charge in [-0.25, -0.2) is 0 Å². The summed E-state index contributed by atoms with van der Waals surface area (Å²) in [6.07, 6.45) is -1.69. The maximum absolute atomic E-state index is 10.8. The molecular formula is C4H11O9P3. The third kappa shape index (κ3) is 8.35. The molecule has 12 heteroatoms. The van der Waals surface area contributed by atoms with Crippen LogP contribution in [0.1, 0.15) is 6.42 Å². The van der Waals surface area contributed by atoms with Crippen molar-refractivity contribution >= 4 is 22.8 Å². The molecule has 0 saturated heterocycles. The summed E-state index contributed by atoms with van der Waals surface area (Å²) < 4.78 is 31.7. The van der Waals surface area contributed by atoms with Crippen molar-refractivity contribution in [1.82, 2.24) is 0 Å². The molecule has 0 aromatic carbocycles. The summed E-state index contributed by atoms with van der Waals surface area (Å²) in [7, 11) is -14.2. The van der Waals surface area contributed by atoms with Crippen LogP contribution in [-0.2, 0) is 13.7 Å². The lowest BCUT2D eigenvalue weighted by Crippen LogP contribution is -1.94. The lowest BCUT2D eigenvalue weighted by atomic mass is 10.5. The van der Waals surface area contributed by atoms with E-state index in [0.29, 0.717) is 0 Å². The standard InChI is InChI=1S/C4H11O9P3/c5-14(6,7)2-1-4(16(11,12)13)3-15(8,9)10/h3H,1-2H2,(H2,5,6,7)(H2,8,9,10)(H2,11,12,13)/b4-3-. The second-order valence-corrected chi connectivity index (χ2v) is 7.77. The molecule has 6 N–H and O–H groups in total. The Morgan fingerprint density at radius 1 is 0.938 bits per heavy atom. The molecule has 0 saturated carbocycles. The maximum Gasteiger partial charge on any atom is 0.352 e. The second kappa shape index (κ2) is 5.23. The second-order valence-electron chi connectivity index (χ2n) is 2.89. The molecule has 0 aromatic rings. The molecule has 0 aliphatic rings. The van der Waals surface area contributed by atoms with Gasteiger partial charge in [0.2, 0.25) is 0 Å². The average molecular weight is 296 g/mol. The number of hydrogen-bond donors (Lipinski definition) is 6. The normalized spacial score (nSPS) is 15.2. The van der Waals surface area contributed by atoms with Crippen molar-refractivity contribution in [3.8, 4) is 0 Å². The molecule has 0 amide bonds. The summed E-state index contributed by atoms with van der Waals surface area (Å²) in [6, 6.07) is 0. The maximum atomic E-state index is 10.8. The zero-order valence-corrected chi connectivity index (χ0v) is 10.4. The van der Waals surface area contributed by atoms with Gasteiger partial charge in [0.1, 0.15) is 0 Å². The predicted molar refractivity (Wildman–Crippen MR) is 53.7 cm³/mol. The third-order valence-electron chi connectivity index (χ3n) is 1.35. The van der Waals surface area contributed by atoms with Crippen LogP contribution in [0.3, 0.4) is 0 Å². The Labute approximate surface area is 90.3 Å². The molecule has 16 heavy (non-hydrogen) atoms. The summed E-state index contributed by atoms with van der Waals surface area (Å²) in [4.78, 5) is 51.3. The van der Waals surface area contributed by atoms with E-state index in [-0.39, 0.29) is 5.82 Å². The van der Waals surface area contributed by atoms with E-state index in [1.807, 2.05) is 0 Å². The van der Waals surface area contributed by atoms with E-state index >= 15 is 0 Å². The number of hydrogen-bond acceptors (Lipinski definition) is 3. The topological polar surface area (TPSA) is 173 Å². The number of rotatable bonds is 5. The van der Waals surface area contributed by atoms with Crippen LogP contribution in [0, 0.1) is 0 Å². The first-order valence-corrected chi connectivity index (χ1v) is 8.78. The largest absolute Gasteiger partial charge is 0.352 e. The SMILES string of the molecule is O=P(O)(O)/C=C(/CCP(=O)(O)O)P(=O)(O)O. The van der Waals surface area contributed by atoms with E-state index in [1.54, 1.807) is 0 Å². The zero-order valence-electron chi connectivity index (χ0n) is 7.74. The molecular weight excluding hydrogens is 285 g/mol. The summed E-state index contributed by atoms with van der Waals surface area (Å²) in [5.74, 6) is 0.0312. The van der Waals surface area contributed by atoms with Crippen molar-refractivity contribution in [3.63, 3.8) is 0 Å². The Kier molecular flexibility index (Phi) is 5.29. The van der Waals surface area contributed by atoms with Gasteiger partial charge in [-0.3, -0.25) is 13.7 Å². The first-order valence-electron chi connectivity index (χ1n) is 3.69. The van der Waals surface area contributed by atoms with Crippen molar-refractivity contribution in [3.05, 3.63) is 11.1 Å². The van der Waals surface area contributed by atoms with Crippen molar-refractivity contribution in [2.75, 3.05) is 6.16 Å². The molecule has 0 aliphatic heterocycles. The Hall–Kier alpha value is 0.190. The van der Waals surface area contributed by atoms with Gasteiger partial charge in [-0.15, -0.1) is 0 Å². The van der Waals surface area contributed by atoms with Crippen molar-refractivity contribution in [1.29, 1.82) is 0 Å². The fourth-order valence-corrected chi connectivity index (χ4v) is 3.42. The summed E-state index contributed by atoms with van der Waals surface area (Å²) in [5.41, 5.74) is 0. The fourth-order valence-electron chi connectivity index (χ4n) is 0.740. The van der Waals surface area contributed by atoms with Crippen LogP contribution in [0.5, 0.6) is 0 Å². The van der Waals surface area contributed by atoms with Crippen LogP contribution >= 0.6 is 22.8 Å². The quantitative estimate of drug-likeness (QED) is 0.374. The highest BCUT2D eigenvalue weighted by atomic mass is 31.2. The Bertz CT molecular complexity index is 406. The van der Waals surface area contributed by atoms with Gasteiger partial charge in [0.05, 0.1) is 11.5 Å². The molecule has 9 nitrogen and oxygen atoms in total. The van der Waals surface area contributed by atoms with Crippen molar-refractivity contribution in [2.45, 2.75) is 6.42 Å².